The molecule has 0 saturated carbocycles. The number of halogens is 1. The minimum absolute atomic E-state index is 0. The first kappa shape index (κ1) is 24.7. The SMILES string of the molecule is CCNC(=NCc1cccc(CN2CCOCC2)c1)N1CCC(N2CCOCC2)C1.I. The van der Waals surface area contributed by atoms with Crippen molar-refractivity contribution in [2.75, 3.05) is 72.2 Å². The molecule has 1 aromatic rings. The summed E-state index contributed by atoms with van der Waals surface area (Å²) in [5.41, 5.74) is 2.64. The van der Waals surface area contributed by atoms with E-state index >= 15 is 0 Å². The molecule has 31 heavy (non-hydrogen) atoms. The smallest absolute Gasteiger partial charge is 0.194 e. The second kappa shape index (κ2) is 12.9. The summed E-state index contributed by atoms with van der Waals surface area (Å²) in [4.78, 5) is 12.5. The summed E-state index contributed by atoms with van der Waals surface area (Å²) in [5, 5.41) is 3.51. The van der Waals surface area contributed by atoms with E-state index in [1.54, 1.807) is 0 Å². The Morgan fingerprint density at radius 1 is 1.03 bits per heavy atom. The van der Waals surface area contributed by atoms with Gasteiger partial charge < -0.3 is 19.7 Å². The zero-order valence-electron chi connectivity index (χ0n) is 18.8. The summed E-state index contributed by atoms with van der Waals surface area (Å²) in [6.07, 6.45) is 1.21. The summed E-state index contributed by atoms with van der Waals surface area (Å²) < 4.78 is 11.0. The standard InChI is InChI=1S/C23H37N5O2.HI/c1-2-24-23(28-7-6-22(19-28)27-10-14-30-15-11-27)25-17-20-4-3-5-21(16-20)18-26-8-12-29-13-9-26;/h3-5,16,22H,2,6-15,17-19H2,1H3,(H,24,25);1H. The molecule has 3 aliphatic heterocycles. The van der Waals surface area contributed by atoms with Gasteiger partial charge in [-0.15, -0.1) is 24.0 Å². The Kier molecular flexibility index (Phi) is 10.3. The molecular formula is C23H38IN5O2. The Morgan fingerprint density at radius 3 is 2.48 bits per heavy atom. The Morgan fingerprint density at radius 2 is 1.74 bits per heavy atom. The first-order valence-electron chi connectivity index (χ1n) is 11.5. The Hall–Kier alpha value is -0.940. The van der Waals surface area contributed by atoms with Gasteiger partial charge in [-0.3, -0.25) is 9.80 Å². The molecule has 7 nitrogen and oxygen atoms in total. The highest BCUT2D eigenvalue weighted by molar-refractivity contribution is 14.0. The highest BCUT2D eigenvalue weighted by Crippen LogP contribution is 2.18. The zero-order chi connectivity index (χ0) is 20.6. The zero-order valence-corrected chi connectivity index (χ0v) is 21.1. The Balaban J connectivity index is 0.00000272. The molecule has 3 aliphatic rings. The van der Waals surface area contributed by atoms with Crippen molar-refractivity contribution in [1.29, 1.82) is 0 Å². The van der Waals surface area contributed by atoms with Crippen LogP contribution in [0.2, 0.25) is 0 Å². The lowest BCUT2D eigenvalue weighted by Gasteiger charge is -2.32. The van der Waals surface area contributed by atoms with Crippen molar-refractivity contribution < 1.29 is 9.47 Å². The maximum Gasteiger partial charge on any atom is 0.194 e. The molecular weight excluding hydrogens is 505 g/mol. The lowest BCUT2D eigenvalue weighted by Crippen LogP contribution is -2.46. The average molecular weight is 543 g/mol. The van der Waals surface area contributed by atoms with Crippen molar-refractivity contribution in [2.24, 2.45) is 4.99 Å². The highest BCUT2D eigenvalue weighted by Gasteiger charge is 2.30. The van der Waals surface area contributed by atoms with Crippen LogP contribution in [0.5, 0.6) is 0 Å². The van der Waals surface area contributed by atoms with Crippen LogP contribution in [-0.4, -0.2) is 98.9 Å². The lowest BCUT2D eigenvalue weighted by molar-refractivity contribution is 0.0195. The second-order valence-electron chi connectivity index (χ2n) is 8.42. The molecule has 1 aromatic carbocycles. The number of hydrogen-bond acceptors (Lipinski definition) is 5. The number of nitrogens with zero attached hydrogens (tertiary/aromatic N) is 4. The third kappa shape index (κ3) is 7.28. The number of likely N-dealkylation sites (tertiary alicyclic amines) is 1. The highest BCUT2D eigenvalue weighted by atomic mass is 127. The van der Waals surface area contributed by atoms with Gasteiger partial charge in [0.15, 0.2) is 5.96 Å². The first-order valence-corrected chi connectivity index (χ1v) is 11.5. The molecule has 1 unspecified atom stereocenters. The molecule has 8 heteroatoms. The summed E-state index contributed by atoms with van der Waals surface area (Å²) in [5.74, 6) is 1.05. The van der Waals surface area contributed by atoms with Crippen LogP contribution in [0.4, 0.5) is 0 Å². The number of guanidine groups is 1. The van der Waals surface area contributed by atoms with Crippen molar-refractivity contribution in [3.8, 4) is 0 Å². The molecule has 4 rings (SSSR count). The molecule has 1 atom stereocenters. The topological polar surface area (TPSA) is 52.6 Å². The molecule has 0 aromatic heterocycles. The van der Waals surface area contributed by atoms with Crippen molar-refractivity contribution >= 4 is 29.9 Å². The molecule has 174 valence electrons. The lowest BCUT2D eigenvalue weighted by atomic mass is 10.1. The number of aliphatic imine (C=N–C) groups is 1. The van der Waals surface area contributed by atoms with Crippen LogP contribution in [0.3, 0.4) is 0 Å². The van der Waals surface area contributed by atoms with Crippen LogP contribution < -0.4 is 5.32 Å². The molecule has 3 saturated heterocycles. The van der Waals surface area contributed by atoms with Crippen LogP contribution in [0.1, 0.15) is 24.5 Å². The van der Waals surface area contributed by atoms with Crippen LogP contribution in [-0.2, 0) is 22.6 Å². The molecule has 0 amide bonds. The molecule has 0 bridgehead atoms. The van der Waals surface area contributed by atoms with Crippen LogP contribution in [0.15, 0.2) is 29.3 Å². The summed E-state index contributed by atoms with van der Waals surface area (Å²) in [6.45, 7) is 14.5. The fraction of sp³-hybridized carbons (Fsp3) is 0.696. The van der Waals surface area contributed by atoms with E-state index in [0.717, 1.165) is 91.3 Å². The van der Waals surface area contributed by atoms with Gasteiger partial charge in [0.25, 0.3) is 0 Å². The van der Waals surface area contributed by atoms with Gasteiger partial charge in [0.05, 0.1) is 33.0 Å². The van der Waals surface area contributed by atoms with Gasteiger partial charge in [0, 0.05) is 58.4 Å². The number of morpholine rings is 2. The van der Waals surface area contributed by atoms with Crippen molar-refractivity contribution in [1.82, 2.24) is 20.0 Å². The van der Waals surface area contributed by atoms with E-state index < -0.39 is 0 Å². The van der Waals surface area contributed by atoms with Gasteiger partial charge in [-0.05, 0) is 24.5 Å². The second-order valence-corrected chi connectivity index (χ2v) is 8.42. The van der Waals surface area contributed by atoms with Gasteiger partial charge in [-0.25, -0.2) is 4.99 Å². The van der Waals surface area contributed by atoms with Gasteiger partial charge in [-0.1, -0.05) is 24.3 Å². The van der Waals surface area contributed by atoms with Gasteiger partial charge >= 0.3 is 0 Å². The molecule has 3 heterocycles. The predicted molar refractivity (Wildman–Crippen MR) is 135 cm³/mol. The van der Waals surface area contributed by atoms with Crippen LogP contribution in [0.25, 0.3) is 0 Å². The fourth-order valence-corrected chi connectivity index (χ4v) is 4.61. The third-order valence-electron chi connectivity index (χ3n) is 6.27. The first-order chi connectivity index (χ1) is 14.8. The number of hydrogen-bond donors (Lipinski definition) is 1. The van der Waals surface area contributed by atoms with E-state index in [9.17, 15) is 0 Å². The molecule has 1 N–H and O–H groups in total. The Bertz CT molecular complexity index is 692. The van der Waals surface area contributed by atoms with E-state index in [1.807, 2.05) is 0 Å². The van der Waals surface area contributed by atoms with Crippen LogP contribution in [0, 0.1) is 0 Å². The van der Waals surface area contributed by atoms with Gasteiger partial charge in [-0.2, -0.15) is 0 Å². The average Bonchev–Trinajstić information content (AvgIpc) is 3.28. The summed E-state index contributed by atoms with van der Waals surface area (Å²) >= 11 is 0. The largest absolute Gasteiger partial charge is 0.379 e. The molecule has 0 aliphatic carbocycles. The monoisotopic (exact) mass is 543 g/mol. The summed E-state index contributed by atoms with van der Waals surface area (Å²) in [6, 6.07) is 9.51. The maximum atomic E-state index is 5.52. The van der Waals surface area contributed by atoms with E-state index in [2.05, 4.69) is 51.2 Å². The number of rotatable bonds is 6. The third-order valence-corrected chi connectivity index (χ3v) is 6.27. The molecule has 0 radical (unpaired) electrons. The minimum Gasteiger partial charge on any atom is -0.379 e. The normalized spacial score (nSPS) is 23.6. The minimum atomic E-state index is 0. The van der Waals surface area contributed by atoms with E-state index in [0.29, 0.717) is 6.04 Å². The summed E-state index contributed by atoms with van der Waals surface area (Å²) in [7, 11) is 0. The van der Waals surface area contributed by atoms with Crippen molar-refractivity contribution in [3.63, 3.8) is 0 Å². The van der Waals surface area contributed by atoms with Gasteiger partial charge in [0.1, 0.15) is 0 Å². The molecule has 0 spiro atoms. The van der Waals surface area contributed by atoms with E-state index in [-0.39, 0.29) is 24.0 Å². The predicted octanol–water partition coefficient (Wildman–Crippen LogP) is 2.01. The van der Waals surface area contributed by atoms with E-state index in [4.69, 9.17) is 14.5 Å². The number of nitrogens with one attached hydrogen (secondary N) is 1. The Labute approximate surface area is 204 Å². The van der Waals surface area contributed by atoms with E-state index in [1.165, 1.54) is 17.5 Å². The quantitative estimate of drug-likeness (QED) is 0.337. The van der Waals surface area contributed by atoms with Crippen LogP contribution >= 0.6 is 24.0 Å². The van der Waals surface area contributed by atoms with Crippen molar-refractivity contribution in [2.45, 2.75) is 32.5 Å². The number of ether oxygens (including phenoxy) is 2. The fourth-order valence-electron chi connectivity index (χ4n) is 4.61. The van der Waals surface area contributed by atoms with Crippen molar-refractivity contribution in [3.05, 3.63) is 35.4 Å². The molecule has 3 fully saturated rings. The van der Waals surface area contributed by atoms with Gasteiger partial charge in [0.2, 0.25) is 0 Å². The maximum absolute atomic E-state index is 5.52. The number of benzene rings is 1.